The fraction of sp³-hybridized carbons (Fsp3) is 0.485. The number of amides is 4. The van der Waals surface area contributed by atoms with Gasteiger partial charge in [0.25, 0.3) is 5.91 Å². The molecule has 12 nitrogen and oxygen atoms in total. The van der Waals surface area contributed by atoms with Crippen LogP contribution in [-0.4, -0.2) is 102 Å². The number of benzene rings is 2. The van der Waals surface area contributed by atoms with Crippen LogP contribution in [-0.2, 0) is 30.5 Å². The molecule has 5 rings (SSSR count). The molecule has 3 aliphatic heterocycles. The number of carbonyl (C=O) groups is 5. The largest absolute Gasteiger partial charge is 0.491 e. The lowest BCUT2D eigenvalue weighted by atomic mass is 10.1. The second-order valence-electron chi connectivity index (χ2n) is 12.4. The number of likely N-dealkylation sites (N-methyl/N-ethyl adjacent to an activating group) is 2. The molecule has 0 aromatic heterocycles. The molecule has 1 fully saturated rings. The second kappa shape index (κ2) is 14.4. The predicted molar refractivity (Wildman–Crippen MR) is 164 cm³/mol. The Morgan fingerprint density at radius 1 is 0.978 bits per heavy atom. The lowest BCUT2D eigenvalue weighted by Gasteiger charge is -2.28. The Hall–Kier alpha value is -4.61. The maximum Gasteiger partial charge on any atom is 0.407 e. The molecule has 0 unspecified atom stereocenters. The predicted octanol–water partition coefficient (Wildman–Crippen LogP) is 3.00. The quantitative estimate of drug-likeness (QED) is 0.515. The first-order chi connectivity index (χ1) is 21.3. The maximum atomic E-state index is 13.5. The van der Waals surface area contributed by atoms with E-state index in [2.05, 4.69) is 5.32 Å². The van der Waals surface area contributed by atoms with Gasteiger partial charge in [0.15, 0.2) is 0 Å². The SMILES string of the molecule is CN1CC(=O)N2C[C@H](NC(=O)OC(C)(C)C)C[C@H]2COc2ccc(cc2)C(=O)N(C)[C@H](C(=O)OCc2ccccc2)CCC1=O. The molecule has 3 aliphatic rings. The first-order valence-electron chi connectivity index (χ1n) is 15.0. The number of esters is 1. The number of carbonyl (C=O) groups excluding carboxylic acids is 5. The van der Waals surface area contributed by atoms with E-state index in [1.165, 1.54) is 23.9 Å². The summed E-state index contributed by atoms with van der Waals surface area (Å²) in [5.74, 6) is -1.24. The van der Waals surface area contributed by atoms with Gasteiger partial charge in [0.1, 0.15) is 30.6 Å². The van der Waals surface area contributed by atoms with Gasteiger partial charge < -0.3 is 34.2 Å². The highest BCUT2D eigenvalue weighted by Crippen LogP contribution is 2.23. The van der Waals surface area contributed by atoms with E-state index in [0.717, 1.165) is 5.56 Å². The number of hydrogen-bond donors (Lipinski definition) is 1. The van der Waals surface area contributed by atoms with Gasteiger partial charge in [-0.25, -0.2) is 9.59 Å². The molecule has 2 aromatic rings. The molecule has 12 heteroatoms. The van der Waals surface area contributed by atoms with Crippen LogP contribution in [0.3, 0.4) is 0 Å². The molecule has 45 heavy (non-hydrogen) atoms. The van der Waals surface area contributed by atoms with E-state index in [0.29, 0.717) is 17.7 Å². The molecule has 1 N–H and O–H groups in total. The average molecular weight is 623 g/mol. The zero-order valence-corrected chi connectivity index (χ0v) is 26.5. The van der Waals surface area contributed by atoms with Crippen LogP contribution in [0.2, 0.25) is 0 Å². The Labute approximate surface area is 263 Å². The first kappa shape index (κ1) is 33.3. The Morgan fingerprint density at radius 3 is 2.33 bits per heavy atom. The smallest absolute Gasteiger partial charge is 0.407 e. The molecule has 3 heterocycles. The van der Waals surface area contributed by atoms with Crippen LogP contribution in [0.15, 0.2) is 54.6 Å². The number of nitrogens with one attached hydrogen (secondary N) is 1. The van der Waals surface area contributed by atoms with Crippen LogP contribution in [0.5, 0.6) is 5.75 Å². The standard InChI is InChI=1S/C33H42N4O8/c1-33(2,3)45-32(42)34-24-17-25-21-43-26-13-11-23(12-14-26)30(40)36(5)27(31(41)44-20-22-9-7-6-8-10-22)15-16-28(38)35(4)19-29(39)37(25)18-24/h6-14,24-25,27H,15-21H2,1-5H3,(H,34,42)/t24-,25+,27+/m1/s1. The van der Waals surface area contributed by atoms with Crippen LogP contribution >= 0.6 is 0 Å². The van der Waals surface area contributed by atoms with Crippen molar-refractivity contribution in [3.63, 3.8) is 0 Å². The van der Waals surface area contributed by atoms with Gasteiger partial charge in [-0.15, -0.1) is 0 Å². The molecule has 2 aromatic carbocycles. The highest BCUT2D eigenvalue weighted by Gasteiger charge is 2.38. The summed E-state index contributed by atoms with van der Waals surface area (Å²) < 4.78 is 16.9. The highest BCUT2D eigenvalue weighted by atomic mass is 16.6. The number of fused-ring (bicyclic) bond motifs is 11. The van der Waals surface area contributed by atoms with Crippen LogP contribution in [0.4, 0.5) is 4.79 Å². The van der Waals surface area contributed by atoms with Gasteiger partial charge in [0.05, 0.1) is 18.6 Å². The minimum atomic E-state index is -1.04. The molecule has 1 saturated heterocycles. The maximum absolute atomic E-state index is 13.5. The fourth-order valence-electron chi connectivity index (χ4n) is 5.32. The zero-order valence-electron chi connectivity index (χ0n) is 26.5. The van der Waals surface area contributed by atoms with Crippen LogP contribution < -0.4 is 10.1 Å². The normalized spacial score (nSPS) is 21.6. The molecular formula is C33H42N4O8. The molecule has 0 spiro atoms. The van der Waals surface area contributed by atoms with E-state index in [-0.39, 0.29) is 63.0 Å². The van der Waals surface area contributed by atoms with Crippen molar-refractivity contribution >= 4 is 29.8 Å². The van der Waals surface area contributed by atoms with E-state index in [1.807, 2.05) is 30.3 Å². The second-order valence-corrected chi connectivity index (χ2v) is 12.4. The van der Waals surface area contributed by atoms with E-state index in [1.54, 1.807) is 49.9 Å². The third kappa shape index (κ3) is 9.19. The van der Waals surface area contributed by atoms with Crippen LogP contribution in [0.25, 0.3) is 0 Å². The minimum Gasteiger partial charge on any atom is -0.491 e. The van der Waals surface area contributed by atoms with E-state index in [4.69, 9.17) is 14.2 Å². The summed E-state index contributed by atoms with van der Waals surface area (Å²) in [5, 5.41) is 2.84. The summed E-state index contributed by atoms with van der Waals surface area (Å²) in [6.45, 7) is 5.49. The van der Waals surface area contributed by atoms with Crippen molar-refractivity contribution in [2.45, 2.75) is 70.4 Å². The topological polar surface area (TPSA) is 135 Å². The summed E-state index contributed by atoms with van der Waals surface area (Å²) in [4.78, 5) is 70.0. The Morgan fingerprint density at radius 2 is 1.67 bits per heavy atom. The van der Waals surface area contributed by atoms with Gasteiger partial charge in [-0.1, -0.05) is 30.3 Å². The number of hydrogen-bond acceptors (Lipinski definition) is 8. The van der Waals surface area contributed by atoms with E-state index in [9.17, 15) is 24.0 Å². The monoisotopic (exact) mass is 622 g/mol. The Balaban J connectivity index is 1.53. The Kier molecular flexibility index (Phi) is 10.7. The van der Waals surface area contributed by atoms with E-state index >= 15 is 0 Å². The van der Waals surface area contributed by atoms with Gasteiger partial charge in [-0.2, -0.15) is 0 Å². The molecule has 0 aliphatic carbocycles. The van der Waals surface area contributed by atoms with Crippen molar-refractivity contribution < 1.29 is 38.2 Å². The summed E-state index contributed by atoms with van der Waals surface area (Å²) in [6, 6.07) is 13.9. The third-order valence-corrected chi connectivity index (χ3v) is 7.71. The number of ether oxygens (including phenoxy) is 3. The summed E-state index contributed by atoms with van der Waals surface area (Å²) in [5.41, 5.74) is 0.447. The van der Waals surface area contributed by atoms with Gasteiger partial charge in [-0.3, -0.25) is 14.4 Å². The summed E-state index contributed by atoms with van der Waals surface area (Å²) >= 11 is 0. The van der Waals surface area contributed by atoms with Crippen molar-refractivity contribution in [2.75, 3.05) is 33.8 Å². The van der Waals surface area contributed by atoms with Crippen LogP contribution in [0.1, 0.15) is 56.0 Å². The fourth-order valence-corrected chi connectivity index (χ4v) is 5.32. The molecule has 4 amide bonds. The Bertz CT molecular complexity index is 1380. The highest BCUT2D eigenvalue weighted by molar-refractivity contribution is 5.97. The average Bonchev–Trinajstić information content (AvgIpc) is 3.40. The minimum absolute atomic E-state index is 0.00262. The summed E-state index contributed by atoms with van der Waals surface area (Å²) in [6.07, 6.45) is -0.245. The molecule has 3 atom stereocenters. The molecule has 242 valence electrons. The van der Waals surface area contributed by atoms with Gasteiger partial charge in [0.2, 0.25) is 11.8 Å². The molecule has 0 saturated carbocycles. The third-order valence-electron chi connectivity index (χ3n) is 7.71. The molecule has 0 radical (unpaired) electrons. The summed E-state index contributed by atoms with van der Waals surface area (Å²) in [7, 11) is 3.02. The van der Waals surface area contributed by atoms with Crippen molar-refractivity contribution in [3.8, 4) is 5.75 Å². The molecule has 2 bridgehead atoms. The number of rotatable bonds is 4. The van der Waals surface area contributed by atoms with E-state index < -0.39 is 29.6 Å². The lowest BCUT2D eigenvalue weighted by molar-refractivity contribution is -0.150. The molecular weight excluding hydrogens is 580 g/mol. The van der Waals surface area contributed by atoms with Gasteiger partial charge in [-0.05, 0) is 63.4 Å². The van der Waals surface area contributed by atoms with Crippen molar-refractivity contribution in [1.29, 1.82) is 0 Å². The van der Waals surface area contributed by atoms with Gasteiger partial charge in [0, 0.05) is 32.6 Å². The van der Waals surface area contributed by atoms with Crippen LogP contribution in [0, 0.1) is 0 Å². The van der Waals surface area contributed by atoms with Gasteiger partial charge >= 0.3 is 12.1 Å². The van der Waals surface area contributed by atoms with Crippen molar-refractivity contribution in [2.24, 2.45) is 0 Å². The zero-order chi connectivity index (χ0) is 32.7. The first-order valence-corrected chi connectivity index (χ1v) is 15.0. The number of alkyl carbamates (subject to hydrolysis) is 1. The lowest BCUT2D eigenvalue weighted by Crippen LogP contribution is -2.47. The number of nitrogens with zero attached hydrogens (tertiary/aromatic N) is 3. The van der Waals surface area contributed by atoms with Crippen molar-refractivity contribution in [3.05, 3.63) is 65.7 Å². The van der Waals surface area contributed by atoms with Crippen molar-refractivity contribution in [1.82, 2.24) is 20.0 Å².